The Morgan fingerprint density at radius 1 is 1.31 bits per heavy atom. The summed E-state index contributed by atoms with van der Waals surface area (Å²) in [6, 6.07) is 6.19. The average molecular weight is 211 g/mol. The molecule has 0 aliphatic heterocycles. The van der Waals surface area contributed by atoms with Gasteiger partial charge in [-0.15, -0.1) is 0 Å². The maximum absolute atomic E-state index is 4.18. The van der Waals surface area contributed by atoms with Gasteiger partial charge in [0.05, 0.1) is 11.7 Å². The Hall–Kier alpha value is -2.03. The van der Waals surface area contributed by atoms with Gasteiger partial charge in [0.2, 0.25) is 0 Å². The average Bonchev–Trinajstić information content (AvgIpc) is 2.89. The van der Waals surface area contributed by atoms with E-state index in [2.05, 4.69) is 40.6 Å². The predicted molar refractivity (Wildman–Crippen MR) is 65.2 cm³/mol. The van der Waals surface area contributed by atoms with E-state index in [9.17, 15) is 0 Å². The summed E-state index contributed by atoms with van der Waals surface area (Å²) in [5, 5.41) is 1.25. The predicted octanol–water partition coefficient (Wildman–Crippen LogP) is 2.88. The largest absolute Gasteiger partial charge is 0.361 e. The van der Waals surface area contributed by atoms with E-state index in [4.69, 9.17) is 0 Å². The molecule has 16 heavy (non-hydrogen) atoms. The molecule has 0 fully saturated rings. The minimum absolute atomic E-state index is 1.16. The van der Waals surface area contributed by atoms with Crippen LogP contribution in [0.2, 0.25) is 0 Å². The van der Waals surface area contributed by atoms with Crippen LogP contribution < -0.4 is 0 Å². The van der Waals surface area contributed by atoms with E-state index in [0.717, 1.165) is 5.69 Å². The number of pyridine rings is 1. The second-order valence-corrected chi connectivity index (χ2v) is 4.00. The van der Waals surface area contributed by atoms with Gasteiger partial charge in [0, 0.05) is 41.8 Å². The van der Waals surface area contributed by atoms with Gasteiger partial charge in [0.15, 0.2) is 0 Å². The summed E-state index contributed by atoms with van der Waals surface area (Å²) >= 11 is 0. The standard InChI is InChI=1S/C13H13N3/c1-9-13(11-4-3-6-15-11)10-5-7-14-8-12(10)16(9)2/h3-8,15H,1-2H3. The first-order valence-electron chi connectivity index (χ1n) is 5.32. The minimum atomic E-state index is 1.16. The molecule has 3 aromatic rings. The zero-order valence-electron chi connectivity index (χ0n) is 9.36. The number of fused-ring (bicyclic) bond motifs is 1. The van der Waals surface area contributed by atoms with E-state index in [0.29, 0.717) is 0 Å². The molecule has 0 spiro atoms. The second-order valence-electron chi connectivity index (χ2n) is 4.00. The molecule has 0 saturated carbocycles. The molecule has 1 N–H and O–H groups in total. The molecule has 0 aromatic carbocycles. The second kappa shape index (κ2) is 3.23. The zero-order chi connectivity index (χ0) is 11.1. The molecule has 3 heterocycles. The lowest BCUT2D eigenvalue weighted by atomic mass is 10.1. The van der Waals surface area contributed by atoms with Gasteiger partial charge in [0.1, 0.15) is 0 Å². The number of aromatic amines is 1. The highest BCUT2D eigenvalue weighted by Gasteiger charge is 2.13. The fourth-order valence-corrected chi connectivity index (χ4v) is 2.23. The number of aryl methyl sites for hydroxylation is 1. The third-order valence-electron chi connectivity index (χ3n) is 3.16. The van der Waals surface area contributed by atoms with Crippen LogP contribution in [0.15, 0.2) is 36.8 Å². The van der Waals surface area contributed by atoms with Gasteiger partial charge in [-0.2, -0.15) is 0 Å². The molecule has 0 amide bonds. The highest BCUT2D eigenvalue weighted by molar-refractivity contribution is 5.96. The third kappa shape index (κ3) is 1.11. The van der Waals surface area contributed by atoms with Crippen molar-refractivity contribution in [2.45, 2.75) is 6.92 Å². The maximum atomic E-state index is 4.18. The van der Waals surface area contributed by atoms with E-state index >= 15 is 0 Å². The first kappa shape index (κ1) is 9.21. The van der Waals surface area contributed by atoms with E-state index < -0.39 is 0 Å². The Labute approximate surface area is 93.7 Å². The molecule has 0 saturated heterocycles. The Balaban J connectivity index is 2.44. The molecule has 0 radical (unpaired) electrons. The number of nitrogens with one attached hydrogen (secondary N) is 1. The molecule has 3 rings (SSSR count). The van der Waals surface area contributed by atoms with Crippen molar-refractivity contribution in [3.8, 4) is 11.3 Å². The first-order chi connectivity index (χ1) is 7.79. The number of hydrogen-bond acceptors (Lipinski definition) is 1. The number of nitrogens with zero attached hydrogens (tertiary/aromatic N) is 2. The maximum Gasteiger partial charge on any atom is 0.0673 e. The topological polar surface area (TPSA) is 33.6 Å². The summed E-state index contributed by atoms with van der Waals surface area (Å²) in [6.07, 6.45) is 5.71. The summed E-state index contributed by atoms with van der Waals surface area (Å²) in [5.74, 6) is 0. The summed E-state index contributed by atoms with van der Waals surface area (Å²) in [5.41, 5.74) is 4.86. The van der Waals surface area contributed by atoms with Crippen molar-refractivity contribution in [3.63, 3.8) is 0 Å². The van der Waals surface area contributed by atoms with Gasteiger partial charge in [-0.3, -0.25) is 4.98 Å². The molecule has 3 nitrogen and oxygen atoms in total. The summed E-state index contributed by atoms with van der Waals surface area (Å²) in [4.78, 5) is 7.44. The molecule has 80 valence electrons. The highest BCUT2D eigenvalue weighted by atomic mass is 15.0. The lowest BCUT2D eigenvalue weighted by molar-refractivity contribution is 0.916. The quantitative estimate of drug-likeness (QED) is 0.659. The molecule has 0 aliphatic rings. The fraction of sp³-hybridized carbons (Fsp3) is 0.154. The van der Waals surface area contributed by atoms with E-state index in [1.807, 2.05) is 24.7 Å². The Morgan fingerprint density at radius 2 is 2.19 bits per heavy atom. The normalized spacial score (nSPS) is 11.1. The van der Waals surface area contributed by atoms with Gasteiger partial charge in [-0.25, -0.2) is 0 Å². The summed E-state index contributed by atoms with van der Waals surface area (Å²) < 4.78 is 2.18. The van der Waals surface area contributed by atoms with Gasteiger partial charge in [-0.1, -0.05) is 0 Å². The summed E-state index contributed by atoms with van der Waals surface area (Å²) in [6.45, 7) is 2.14. The van der Waals surface area contributed by atoms with Crippen molar-refractivity contribution < 1.29 is 0 Å². The molecule has 0 aliphatic carbocycles. The highest BCUT2D eigenvalue weighted by Crippen LogP contribution is 2.32. The monoisotopic (exact) mass is 211 g/mol. The molecular formula is C13H13N3. The lowest BCUT2D eigenvalue weighted by Crippen LogP contribution is -1.90. The molecular weight excluding hydrogens is 198 g/mol. The molecule has 0 atom stereocenters. The van der Waals surface area contributed by atoms with Crippen LogP contribution in [-0.4, -0.2) is 14.5 Å². The van der Waals surface area contributed by atoms with Gasteiger partial charge in [0.25, 0.3) is 0 Å². The van der Waals surface area contributed by atoms with Crippen molar-refractivity contribution in [3.05, 3.63) is 42.5 Å². The third-order valence-corrected chi connectivity index (χ3v) is 3.16. The molecule has 3 heteroatoms. The summed E-state index contributed by atoms with van der Waals surface area (Å²) in [7, 11) is 2.08. The van der Waals surface area contributed by atoms with E-state index in [-0.39, 0.29) is 0 Å². The van der Waals surface area contributed by atoms with Crippen LogP contribution in [0, 0.1) is 6.92 Å². The van der Waals surface area contributed by atoms with Gasteiger partial charge in [-0.05, 0) is 25.1 Å². The lowest BCUT2D eigenvalue weighted by Gasteiger charge is -1.99. The van der Waals surface area contributed by atoms with Crippen LogP contribution in [0.3, 0.4) is 0 Å². The Morgan fingerprint density at radius 3 is 2.94 bits per heavy atom. The number of rotatable bonds is 1. The van der Waals surface area contributed by atoms with Crippen molar-refractivity contribution in [1.29, 1.82) is 0 Å². The van der Waals surface area contributed by atoms with Crippen molar-refractivity contribution >= 4 is 10.9 Å². The number of H-pyrrole nitrogens is 1. The van der Waals surface area contributed by atoms with Crippen LogP contribution in [-0.2, 0) is 7.05 Å². The molecule has 0 unspecified atom stereocenters. The van der Waals surface area contributed by atoms with E-state index in [1.165, 1.54) is 22.2 Å². The van der Waals surface area contributed by atoms with Crippen LogP contribution in [0.5, 0.6) is 0 Å². The number of hydrogen-bond donors (Lipinski definition) is 1. The van der Waals surface area contributed by atoms with Crippen LogP contribution in [0.4, 0.5) is 0 Å². The Kier molecular flexibility index (Phi) is 1.86. The zero-order valence-corrected chi connectivity index (χ0v) is 9.36. The molecule has 3 aromatic heterocycles. The van der Waals surface area contributed by atoms with Crippen LogP contribution in [0.1, 0.15) is 5.69 Å². The van der Waals surface area contributed by atoms with Crippen LogP contribution >= 0.6 is 0 Å². The van der Waals surface area contributed by atoms with Gasteiger partial charge < -0.3 is 9.55 Å². The fourth-order valence-electron chi connectivity index (χ4n) is 2.23. The van der Waals surface area contributed by atoms with Crippen molar-refractivity contribution in [2.75, 3.05) is 0 Å². The number of aromatic nitrogens is 3. The van der Waals surface area contributed by atoms with Crippen molar-refractivity contribution in [1.82, 2.24) is 14.5 Å². The van der Waals surface area contributed by atoms with E-state index in [1.54, 1.807) is 0 Å². The minimum Gasteiger partial charge on any atom is -0.361 e. The molecule has 0 bridgehead atoms. The first-order valence-corrected chi connectivity index (χ1v) is 5.32. The smallest absolute Gasteiger partial charge is 0.0673 e. The van der Waals surface area contributed by atoms with Crippen LogP contribution in [0.25, 0.3) is 22.2 Å². The van der Waals surface area contributed by atoms with Gasteiger partial charge >= 0.3 is 0 Å². The Bertz CT molecular complexity index is 633. The SMILES string of the molecule is Cc1c(-c2ccc[nH]2)c2ccncc2n1C. The van der Waals surface area contributed by atoms with Crippen molar-refractivity contribution in [2.24, 2.45) is 7.05 Å².